The number of thioether (sulfide) groups is 1. The van der Waals surface area contributed by atoms with Gasteiger partial charge in [0.15, 0.2) is 0 Å². The van der Waals surface area contributed by atoms with Gasteiger partial charge in [-0.2, -0.15) is 11.8 Å². The van der Waals surface area contributed by atoms with Crippen molar-refractivity contribution in [3.05, 3.63) is 0 Å². The van der Waals surface area contributed by atoms with Crippen LogP contribution in [0.4, 0.5) is 0 Å². The Morgan fingerprint density at radius 3 is 2.42 bits per heavy atom. The van der Waals surface area contributed by atoms with Crippen LogP contribution in [0.1, 0.15) is 40.0 Å². The average molecular weight is 186 g/mol. The Morgan fingerprint density at radius 1 is 1.25 bits per heavy atom. The molecule has 0 saturated heterocycles. The van der Waals surface area contributed by atoms with E-state index in [9.17, 15) is 0 Å². The van der Waals surface area contributed by atoms with E-state index in [0.717, 1.165) is 23.0 Å². The Bertz CT molecular complexity index is 131. The molecule has 1 fully saturated rings. The van der Waals surface area contributed by atoms with Gasteiger partial charge in [0.1, 0.15) is 0 Å². The van der Waals surface area contributed by atoms with Crippen LogP contribution in [0.5, 0.6) is 0 Å². The van der Waals surface area contributed by atoms with Crippen LogP contribution >= 0.6 is 11.8 Å². The predicted molar refractivity (Wildman–Crippen MR) is 58.6 cm³/mol. The summed E-state index contributed by atoms with van der Waals surface area (Å²) in [5.41, 5.74) is 0. The van der Waals surface area contributed by atoms with E-state index < -0.39 is 0 Å². The quantitative estimate of drug-likeness (QED) is 0.632. The molecule has 1 heteroatoms. The lowest BCUT2D eigenvalue weighted by atomic mass is 9.77. The molecule has 0 radical (unpaired) electrons. The molecule has 3 atom stereocenters. The van der Waals surface area contributed by atoms with Crippen molar-refractivity contribution in [2.24, 2.45) is 17.8 Å². The first kappa shape index (κ1) is 10.4. The summed E-state index contributed by atoms with van der Waals surface area (Å²) < 4.78 is 0. The van der Waals surface area contributed by atoms with E-state index in [1.54, 1.807) is 0 Å². The number of hydrogen-bond donors (Lipinski definition) is 0. The average Bonchev–Trinajstić information content (AvgIpc) is 2.03. The largest absolute Gasteiger partial charge is 0.162 e. The van der Waals surface area contributed by atoms with E-state index in [2.05, 4.69) is 38.8 Å². The van der Waals surface area contributed by atoms with Crippen molar-refractivity contribution in [1.29, 1.82) is 0 Å². The Kier molecular flexibility index (Phi) is 3.95. The van der Waals surface area contributed by atoms with E-state index >= 15 is 0 Å². The first-order valence-corrected chi connectivity index (χ1v) is 6.46. The zero-order valence-corrected chi connectivity index (χ0v) is 9.66. The highest BCUT2D eigenvalue weighted by Crippen LogP contribution is 2.38. The lowest BCUT2D eigenvalue weighted by Crippen LogP contribution is -2.29. The van der Waals surface area contributed by atoms with Crippen LogP contribution in [-0.2, 0) is 0 Å². The third-order valence-corrected chi connectivity index (χ3v) is 4.41. The van der Waals surface area contributed by atoms with Crippen molar-refractivity contribution in [2.45, 2.75) is 45.3 Å². The number of rotatable bonds is 2. The molecular weight excluding hydrogens is 164 g/mol. The fraction of sp³-hybridized carbons (Fsp3) is 1.00. The second-order valence-corrected chi connectivity index (χ2v) is 5.68. The summed E-state index contributed by atoms with van der Waals surface area (Å²) in [6.07, 6.45) is 6.65. The summed E-state index contributed by atoms with van der Waals surface area (Å²) in [6, 6.07) is 0. The summed E-state index contributed by atoms with van der Waals surface area (Å²) in [4.78, 5) is 0. The van der Waals surface area contributed by atoms with Crippen molar-refractivity contribution < 1.29 is 0 Å². The molecule has 0 aromatic heterocycles. The van der Waals surface area contributed by atoms with Gasteiger partial charge in [0.25, 0.3) is 0 Å². The molecule has 0 aromatic carbocycles. The lowest BCUT2D eigenvalue weighted by Gasteiger charge is -2.36. The minimum atomic E-state index is 0.884. The molecule has 0 aliphatic heterocycles. The van der Waals surface area contributed by atoms with E-state index in [1.165, 1.54) is 19.3 Å². The normalized spacial score (nSPS) is 37.2. The van der Waals surface area contributed by atoms with Crippen molar-refractivity contribution in [3.63, 3.8) is 0 Å². The van der Waals surface area contributed by atoms with Gasteiger partial charge in [-0.25, -0.2) is 0 Å². The highest BCUT2D eigenvalue weighted by molar-refractivity contribution is 7.99. The Labute approximate surface area is 81.5 Å². The van der Waals surface area contributed by atoms with Gasteiger partial charge in [-0.3, -0.25) is 0 Å². The van der Waals surface area contributed by atoms with Crippen molar-refractivity contribution in [2.75, 3.05) is 6.26 Å². The summed E-state index contributed by atoms with van der Waals surface area (Å²) in [5, 5.41) is 0.939. The van der Waals surface area contributed by atoms with Gasteiger partial charge >= 0.3 is 0 Å². The maximum Gasteiger partial charge on any atom is 0.00775 e. The molecule has 3 unspecified atom stereocenters. The van der Waals surface area contributed by atoms with Crippen molar-refractivity contribution in [3.8, 4) is 0 Å². The van der Waals surface area contributed by atoms with Gasteiger partial charge in [0.05, 0.1) is 0 Å². The molecule has 0 heterocycles. The topological polar surface area (TPSA) is 0 Å². The molecule has 0 N–H and O–H groups in total. The molecule has 0 aromatic rings. The van der Waals surface area contributed by atoms with E-state index in [4.69, 9.17) is 0 Å². The van der Waals surface area contributed by atoms with Crippen molar-refractivity contribution in [1.82, 2.24) is 0 Å². The van der Waals surface area contributed by atoms with Crippen LogP contribution in [0.3, 0.4) is 0 Å². The molecule has 1 rings (SSSR count). The first-order chi connectivity index (χ1) is 5.65. The zero-order valence-electron chi connectivity index (χ0n) is 8.84. The third kappa shape index (κ3) is 2.42. The van der Waals surface area contributed by atoms with Crippen LogP contribution < -0.4 is 0 Å². The molecule has 1 saturated carbocycles. The van der Waals surface area contributed by atoms with Gasteiger partial charge in [-0.1, -0.05) is 27.2 Å². The second-order valence-electron chi connectivity index (χ2n) is 4.60. The summed E-state index contributed by atoms with van der Waals surface area (Å²) >= 11 is 2.09. The fourth-order valence-corrected chi connectivity index (χ4v) is 3.71. The van der Waals surface area contributed by atoms with E-state index in [1.807, 2.05) is 0 Å². The van der Waals surface area contributed by atoms with Gasteiger partial charge < -0.3 is 0 Å². The molecule has 0 spiro atoms. The van der Waals surface area contributed by atoms with Gasteiger partial charge in [0.2, 0.25) is 0 Å². The minimum Gasteiger partial charge on any atom is -0.162 e. The molecule has 0 nitrogen and oxygen atoms in total. The van der Waals surface area contributed by atoms with Crippen LogP contribution in [-0.4, -0.2) is 11.5 Å². The number of hydrogen-bond acceptors (Lipinski definition) is 1. The Morgan fingerprint density at radius 2 is 1.92 bits per heavy atom. The Hall–Kier alpha value is 0.350. The van der Waals surface area contributed by atoms with Crippen LogP contribution in [0.15, 0.2) is 0 Å². The summed E-state index contributed by atoms with van der Waals surface area (Å²) in [6.45, 7) is 7.16. The maximum atomic E-state index is 2.40. The van der Waals surface area contributed by atoms with Gasteiger partial charge in [-0.05, 0) is 36.9 Å². The molecule has 1 aliphatic rings. The third-order valence-electron chi connectivity index (χ3n) is 3.26. The van der Waals surface area contributed by atoms with Crippen LogP contribution in [0, 0.1) is 17.8 Å². The van der Waals surface area contributed by atoms with E-state index in [0.29, 0.717) is 0 Å². The molecular formula is C11H22S. The molecule has 12 heavy (non-hydrogen) atoms. The lowest BCUT2D eigenvalue weighted by molar-refractivity contribution is 0.244. The zero-order chi connectivity index (χ0) is 9.14. The van der Waals surface area contributed by atoms with Gasteiger partial charge in [-0.15, -0.1) is 0 Å². The summed E-state index contributed by atoms with van der Waals surface area (Å²) in [7, 11) is 0. The summed E-state index contributed by atoms with van der Waals surface area (Å²) in [5.74, 6) is 2.84. The molecule has 0 amide bonds. The second kappa shape index (κ2) is 4.55. The molecule has 1 aliphatic carbocycles. The van der Waals surface area contributed by atoms with Crippen LogP contribution in [0.2, 0.25) is 0 Å². The predicted octanol–water partition coefficient (Wildman–Crippen LogP) is 3.81. The van der Waals surface area contributed by atoms with Gasteiger partial charge in [0, 0.05) is 5.25 Å². The highest BCUT2D eigenvalue weighted by atomic mass is 32.2. The maximum absolute atomic E-state index is 2.40. The Balaban J connectivity index is 2.50. The van der Waals surface area contributed by atoms with E-state index in [-0.39, 0.29) is 0 Å². The highest BCUT2D eigenvalue weighted by Gasteiger charge is 2.29. The molecule has 0 bridgehead atoms. The standard InChI is InChI=1S/C11H22S/c1-8(2)10-6-5-9(3)7-11(10)12-4/h8-11H,5-7H2,1-4H3. The van der Waals surface area contributed by atoms with Crippen molar-refractivity contribution >= 4 is 11.8 Å². The van der Waals surface area contributed by atoms with Crippen LogP contribution in [0.25, 0.3) is 0 Å². The smallest absolute Gasteiger partial charge is 0.00775 e. The molecule has 72 valence electrons. The SMILES string of the molecule is CSC1CC(C)CCC1C(C)C. The first-order valence-electron chi connectivity index (χ1n) is 5.18. The monoisotopic (exact) mass is 186 g/mol. The fourth-order valence-electron chi connectivity index (χ4n) is 2.39. The minimum absolute atomic E-state index is 0.884.